The fourth-order valence-electron chi connectivity index (χ4n) is 2.25. The van der Waals surface area contributed by atoms with Gasteiger partial charge in [-0.3, -0.25) is 19.3 Å². The molecule has 0 aliphatic rings. The summed E-state index contributed by atoms with van der Waals surface area (Å²) in [6, 6.07) is 9.45. The van der Waals surface area contributed by atoms with E-state index in [9.17, 15) is 9.59 Å². The van der Waals surface area contributed by atoms with Crippen LogP contribution < -0.4 is 11.2 Å². The molecule has 21 heavy (non-hydrogen) atoms. The van der Waals surface area contributed by atoms with Gasteiger partial charge in [0.2, 0.25) is 0 Å². The van der Waals surface area contributed by atoms with E-state index in [0.29, 0.717) is 5.56 Å². The Morgan fingerprint density at radius 1 is 1.24 bits per heavy atom. The Morgan fingerprint density at radius 3 is 2.81 bits per heavy atom. The zero-order valence-corrected chi connectivity index (χ0v) is 12.0. The van der Waals surface area contributed by atoms with Crippen molar-refractivity contribution < 1.29 is 0 Å². The SMILES string of the molecule is Cc1c(Cl)[nH]c(=O)n(Cc2cccc3cccnc23)c1=O. The maximum Gasteiger partial charge on any atom is 0.329 e. The van der Waals surface area contributed by atoms with Crippen molar-refractivity contribution in [3.8, 4) is 0 Å². The van der Waals surface area contributed by atoms with Gasteiger partial charge in [0, 0.05) is 17.1 Å². The van der Waals surface area contributed by atoms with Crippen molar-refractivity contribution in [2.45, 2.75) is 13.5 Å². The Bertz CT molecular complexity index is 938. The first kappa shape index (κ1) is 13.6. The number of aromatic amines is 1. The monoisotopic (exact) mass is 301 g/mol. The Kier molecular flexibility index (Phi) is 3.35. The summed E-state index contributed by atoms with van der Waals surface area (Å²) in [5, 5.41) is 1.04. The van der Waals surface area contributed by atoms with Crippen molar-refractivity contribution in [3.63, 3.8) is 0 Å². The first-order valence-corrected chi connectivity index (χ1v) is 6.77. The minimum atomic E-state index is -0.525. The molecule has 3 rings (SSSR count). The number of nitrogens with one attached hydrogen (secondary N) is 1. The lowest BCUT2D eigenvalue weighted by Gasteiger charge is -2.09. The van der Waals surface area contributed by atoms with E-state index in [2.05, 4.69) is 9.97 Å². The van der Waals surface area contributed by atoms with Crippen LogP contribution in [0.15, 0.2) is 46.1 Å². The van der Waals surface area contributed by atoms with E-state index in [4.69, 9.17) is 11.6 Å². The molecule has 0 aliphatic carbocycles. The first-order chi connectivity index (χ1) is 10.1. The van der Waals surface area contributed by atoms with Gasteiger partial charge in [-0.05, 0) is 18.6 Å². The third-order valence-corrected chi connectivity index (χ3v) is 3.78. The highest BCUT2D eigenvalue weighted by Gasteiger charge is 2.11. The molecule has 0 unspecified atom stereocenters. The summed E-state index contributed by atoms with van der Waals surface area (Å²) in [5.74, 6) is 0. The summed E-state index contributed by atoms with van der Waals surface area (Å²) in [6.07, 6.45) is 1.69. The maximum absolute atomic E-state index is 12.2. The first-order valence-electron chi connectivity index (χ1n) is 6.40. The molecule has 0 atom stereocenters. The minimum Gasteiger partial charge on any atom is -0.297 e. The van der Waals surface area contributed by atoms with Gasteiger partial charge in [-0.2, -0.15) is 0 Å². The predicted molar refractivity (Wildman–Crippen MR) is 81.9 cm³/mol. The normalized spacial score (nSPS) is 11.0. The summed E-state index contributed by atoms with van der Waals surface area (Å²) in [4.78, 5) is 30.9. The minimum absolute atomic E-state index is 0.0808. The van der Waals surface area contributed by atoms with Gasteiger partial charge in [0.05, 0.1) is 12.1 Å². The molecule has 3 aromatic rings. The second-order valence-electron chi connectivity index (χ2n) is 4.75. The fourth-order valence-corrected chi connectivity index (χ4v) is 2.41. The highest BCUT2D eigenvalue weighted by Crippen LogP contribution is 2.16. The van der Waals surface area contributed by atoms with Crippen molar-refractivity contribution in [2.75, 3.05) is 0 Å². The van der Waals surface area contributed by atoms with Crippen LogP contribution in [0.25, 0.3) is 10.9 Å². The van der Waals surface area contributed by atoms with Gasteiger partial charge >= 0.3 is 5.69 Å². The lowest BCUT2D eigenvalue weighted by Crippen LogP contribution is -2.36. The molecule has 1 N–H and O–H groups in total. The van der Waals surface area contributed by atoms with Crippen molar-refractivity contribution in [1.82, 2.24) is 14.5 Å². The number of halogens is 1. The summed E-state index contributed by atoms with van der Waals surface area (Å²) in [5.41, 5.74) is 0.992. The lowest BCUT2D eigenvalue weighted by atomic mass is 10.1. The van der Waals surface area contributed by atoms with Gasteiger partial charge in [-0.15, -0.1) is 0 Å². The zero-order valence-electron chi connectivity index (χ0n) is 11.3. The number of para-hydroxylation sites is 1. The third-order valence-electron chi connectivity index (χ3n) is 3.40. The number of hydrogen-bond acceptors (Lipinski definition) is 3. The number of pyridine rings is 1. The molecule has 0 saturated heterocycles. The van der Waals surface area contributed by atoms with Crippen molar-refractivity contribution >= 4 is 22.5 Å². The van der Waals surface area contributed by atoms with Crippen LogP contribution in [-0.4, -0.2) is 14.5 Å². The molecule has 2 aromatic heterocycles. The molecule has 1 aromatic carbocycles. The van der Waals surface area contributed by atoms with Gasteiger partial charge in [0.15, 0.2) is 0 Å². The standard InChI is InChI=1S/C15H12ClN3O2/c1-9-13(16)18-15(21)19(14(9)20)8-11-5-2-4-10-6-3-7-17-12(10)11/h2-7H,8H2,1H3,(H,18,21). The number of fused-ring (bicyclic) bond motifs is 1. The van der Waals surface area contributed by atoms with Gasteiger partial charge in [0.1, 0.15) is 5.15 Å². The molecule has 0 fully saturated rings. The Hall–Kier alpha value is -2.40. The van der Waals surface area contributed by atoms with Gasteiger partial charge in [-0.1, -0.05) is 35.9 Å². The number of hydrogen-bond donors (Lipinski definition) is 1. The molecule has 106 valence electrons. The van der Waals surface area contributed by atoms with Crippen molar-refractivity contribution in [1.29, 1.82) is 0 Å². The van der Waals surface area contributed by atoms with E-state index in [1.165, 1.54) is 0 Å². The summed E-state index contributed by atoms with van der Waals surface area (Å²) < 4.78 is 1.13. The summed E-state index contributed by atoms with van der Waals surface area (Å²) >= 11 is 5.81. The number of benzene rings is 1. The molecule has 0 radical (unpaired) electrons. The number of H-pyrrole nitrogens is 1. The maximum atomic E-state index is 12.2. The average molecular weight is 302 g/mol. The van der Waals surface area contributed by atoms with E-state index in [1.54, 1.807) is 13.1 Å². The highest BCUT2D eigenvalue weighted by atomic mass is 35.5. The van der Waals surface area contributed by atoms with E-state index in [-0.39, 0.29) is 11.7 Å². The Balaban J connectivity index is 2.18. The zero-order chi connectivity index (χ0) is 15.0. The molecule has 0 amide bonds. The topological polar surface area (TPSA) is 67.8 Å². The van der Waals surface area contributed by atoms with E-state index >= 15 is 0 Å². The molecular weight excluding hydrogens is 290 g/mol. The van der Waals surface area contributed by atoms with E-state index < -0.39 is 11.2 Å². The second-order valence-corrected chi connectivity index (χ2v) is 5.13. The van der Waals surface area contributed by atoms with Gasteiger partial charge in [0.25, 0.3) is 5.56 Å². The quantitative estimate of drug-likeness (QED) is 0.737. The second kappa shape index (κ2) is 5.18. The number of rotatable bonds is 2. The number of aromatic nitrogens is 3. The van der Waals surface area contributed by atoms with Crippen LogP contribution in [0.4, 0.5) is 0 Å². The molecule has 6 heteroatoms. The summed E-state index contributed by atoms with van der Waals surface area (Å²) in [6.45, 7) is 1.74. The Labute approximate surface area is 124 Å². The predicted octanol–water partition coefficient (Wildman–Crippen LogP) is 2.09. The summed E-state index contributed by atoms with van der Waals surface area (Å²) in [7, 11) is 0. The molecular formula is C15H12ClN3O2. The van der Waals surface area contributed by atoms with Crippen LogP contribution in [0.3, 0.4) is 0 Å². The van der Waals surface area contributed by atoms with Crippen LogP contribution in [0.1, 0.15) is 11.1 Å². The molecule has 0 bridgehead atoms. The molecule has 0 aliphatic heterocycles. The molecule has 0 saturated carbocycles. The van der Waals surface area contributed by atoms with Crippen LogP contribution in [-0.2, 0) is 6.54 Å². The lowest BCUT2D eigenvalue weighted by molar-refractivity contribution is 0.694. The highest BCUT2D eigenvalue weighted by molar-refractivity contribution is 6.30. The molecule has 5 nitrogen and oxygen atoms in total. The van der Waals surface area contributed by atoms with Crippen molar-refractivity contribution in [3.05, 3.63) is 73.6 Å². The average Bonchev–Trinajstić information content (AvgIpc) is 2.49. The Morgan fingerprint density at radius 2 is 2.00 bits per heavy atom. The smallest absolute Gasteiger partial charge is 0.297 e. The fraction of sp³-hybridized carbons (Fsp3) is 0.133. The van der Waals surface area contributed by atoms with E-state index in [1.807, 2.05) is 30.3 Å². The van der Waals surface area contributed by atoms with Gasteiger partial charge < -0.3 is 0 Å². The van der Waals surface area contributed by atoms with Gasteiger partial charge in [-0.25, -0.2) is 4.79 Å². The van der Waals surface area contributed by atoms with Crippen molar-refractivity contribution in [2.24, 2.45) is 0 Å². The molecule has 0 spiro atoms. The van der Waals surface area contributed by atoms with Crippen LogP contribution in [0.2, 0.25) is 5.15 Å². The van der Waals surface area contributed by atoms with Crippen LogP contribution in [0.5, 0.6) is 0 Å². The largest absolute Gasteiger partial charge is 0.329 e. The third kappa shape index (κ3) is 2.36. The van der Waals surface area contributed by atoms with E-state index in [0.717, 1.165) is 21.0 Å². The number of nitrogens with zero attached hydrogens (tertiary/aromatic N) is 2. The molecule has 2 heterocycles. The van der Waals surface area contributed by atoms with Crippen LogP contribution in [0, 0.1) is 6.92 Å². The van der Waals surface area contributed by atoms with Crippen LogP contribution >= 0.6 is 11.6 Å².